The van der Waals surface area contributed by atoms with E-state index in [2.05, 4.69) is 6.07 Å². The summed E-state index contributed by atoms with van der Waals surface area (Å²) in [7, 11) is 0. The summed E-state index contributed by atoms with van der Waals surface area (Å²) < 4.78 is 5.71. The van der Waals surface area contributed by atoms with Crippen molar-refractivity contribution in [1.82, 2.24) is 4.90 Å². The van der Waals surface area contributed by atoms with Crippen LogP contribution in [0.3, 0.4) is 0 Å². The van der Waals surface area contributed by atoms with Gasteiger partial charge < -0.3 is 14.7 Å². The number of aliphatic hydroxyl groups excluding tert-OH is 1. The second-order valence-corrected chi connectivity index (χ2v) is 5.90. The molecule has 1 saturated heterocycles. The minimum Gasteiger partial charge on any atom is -0.493 e. The summed E-state index contributed by atoms with van der Waals surface area (Å²) >= 11 is 0. The lowest BCUT2D eigenvalue weighted by Gasteiger charge is -2.31. The van der Waals surface area contributed by atoms with Crippen molar-refractivity contribution in [3.63, 3.8) is 0 Å². The maximum Gasteiger partial charge on any atom is 0.226 e. The Bertz CT molecular complexity index is 487. The van der Waals surface area contributed by atoms with Crippen LogP contribution in [-0.4, -0.2) is 42.2 Å². The van der Waals surface area contributed by atoms with Crippen LogP contribution in [0.15, 0.2) is 18.2 Å². The molecule has 1 atom stereocenters. The molecule has 1 aromatic carbocycles. The number of aliphatic hydroxyl groups is 1. The van der Waals surface area contributed by atoms with E-state index in [1.165, 1.54) is 5.56 Å². The van der Waals surface area contributed by atoms with Crippen molar-refractivity contribution in [2.45, 2.75) is 33.1 Å². The lowest BCUT2D eigenvalue weighted by molar-refractivity contribution is -0.133. The van der Waals surface area contributed by atoms with Gasteiger partial charge in [0.05, 0.1) is 13.0 Å². The van der Waals surface area contributed by atoms with E-state index < -0.39 is 0 Å². The van der Waals surface area contributed by atoms with Crippen LogP contribution < -0.4 is 4.74 Å². The summed E-state index contributed by atoms with van der Waals surface area (Å²) in [5.74, 6) is 1.21. The van der Waals surface area contributed by atoms with Crippen molar-refractivity contribution in [2.75, 3.05) is 26.3 Å². The molecule has 1 aliphatic heterocycles. The molecule has 1 unspecified atom stereocenters. The van der Waals surface area contributed by atoms with E-state index in [0.717, 1.165) is 30.7 Å². The molecule has 1 heterocycles. The fourth-order valence-corrected chi connectivity index (χ4v) is 2.81. The van der Waals surface area contributed by atoms with Gasteiger partial charge in [0.1, 0.15) is 5.75 Å². The van der Waals surface area contributed by atoms with Gasteiger partial charge in [-0.2, -0.15) is 0 Å². The lowest BCUT2D eigenvalue weighted by atomic mass is 9.99. The maximum atomic E-state index is 12.2. The highest BCUT2D eigenvalue weighted by Gasteiger charge is 2.22. The van der Waals surface area contributed by atoms with Crippen LogP contribution in [0.5, 0.6) is 5.75 Å². The minimum absolute atomic E-state index is 0.123. The first-order valence-corrected chi connectivity index (χ1v) is 7.69. The van der Waals surface area contributed by atoms with Crippen molar-refractivity contribution in [2.24, 2.45) is 5.92 Å². The SMILES string of the molecule is Cc1ccc(OCCC(=O)N2CCCC(CO)C2)c(C)c1. The van der Waals surface area contributed by atoms with Gasteiger partial charge in [-0.15, -0.1) is 0 Å². The zero-order valence-corrected chi connectivity index (χ0v) is 13.0. The molecular formula is C17H25NO3. The van der Waals surface area contributed by atoms with Gasteiger partial charge in [0.15, 0.2) is 0 Å². The number of piperidine rings is 1. The average molecular weight is 291 g/mol. The molecule has 1 amide bonds. The first-order chi connectivity index (χ1) is 10.1. The van der Waals surface area contributed by atoms with E-state index >= 15 is 0 Å². The van der Waals surface area contributed by atoms with Crippen LogP contribution in [0.4, 0.5) is 0 Å². The topological polar surface area (TPSA) is 49.8 Å². The summed E-state index contributed by atoms with van der Waals surface area (Å²) in [5, 5.41) is 9.21. The van der Waals surface area contributed by atoms with Gasteiger partial charge in [-0.1, -0.05) is 17.7 Å². The Labute approximate surface area is 126 Å². The van der Waals surface area contributed by atoms with Gasteiger partial charge in [0.25, 0.3) is 0 Å². The molecule has 4 heteroatoms. The van der Waals surface area contributed by atoms with Crippen molar-refractivity contribution >= 4 is 5.91 Å². The zero-order chi connectivity index (χ0) is 15.2. The zero-order valence-electron chi connectivity index (χ0n) is 13.0. The Balaban J connectivity index is 1.78. The fourth-order valence-electron chi connectivity index (χ4n) is 2.81. The van der Waals surface area contributed by atoms with Crippen LogP contribution in [0.1, 0.15) is 30.4 Å². The molecule has 21 heavy (non-hydrogen) atoms. The second kappa shape index (κ2) is 7.46. The molecule has 0 radical (unpaired) electrons. The molecule has 1 aliphatic rings. The number of rotatable bonds is 5. The molecule has 2 rings (SSSR count). The second-order valence-electron chi connectivity index (χ2n) is 5.90. The first kappa shape index (κ1) is 15.8. The molecule has 0 aliphatic carbocycles. The number of ether oxygens (including phenoxy) is 1. The number of benzene rings is 1. The standard InChI is InChI=1S/C17H25NO3/c1-13-5-6-16(14(2)10-13)21-9-7-17(20)18-8-3-4-15(11-18)12-19/h5-6,10,15,19H,3-4,7-9,11-12H2,1-2H3. The molecule has 116 valence electrons. The molecule has 4 nitrogen and oxygen atoms in total. The van der Waals surface area contributed by atoms with E-state index in [9.17, 15) is 9.90 Å². The van der Waals surface area contributed by atoms with Gasteiger partial charge in [0, 0.05) is 19.7 Å². The third kappa shape index (κ3) is 4.46. The monoisotopic (exact) mass is 291 g/mol. The minimum atomic E-state index is 0.123. The molecule has 0 spiro atoms. The average Bonchev–Trinajstić information content (AvgIpc) is 2.49. The summed E-state index contributed by atoms with van der Waals surface area (Å²) in [6.07, 6.45) is 2.39. The van der Waals surface area contributed by atoms with Crippen LogP contribution in [0.25, 0.3) is 0 Å². The smallest absolute Gasteiger partial charge is 0.226 e. The van der Waals surface area contributed by atoms with E-state index in [0.29, 0.717) is 19.6 Å². The molecule has 1 N–H and O–H groups in total. The normalized spacial score (nSPS) is 18.6. The van der Waals surface area contributed by atoms with Gasteiger partial charge in [0.2, 0.25) is 5.91 Å². The Morgan fingerprint density at radius 3 is 2.95 bits per heavy atom. The van der Waals surface area contributed by atoms with Gasteiger partial charge in [-0.3, -0.25) is 4.79 Å². The summed E-state index contributed by atoms with van der Waals surface area (Å²) in [4.78, 5) is 14.0. The molecule has 0 aromatic heterocycles. The van der Waals surface area contributed by atoms with Crippen molar-refractivity contribution in [1.29, 1.82) is 0 Å². The van der Waals surface area contributed by atoms with Gasteiger partial charge in [-0.05, 0) is 44.2 Å². The van der Waals surface area contributed by atoms with Crippen LogP contribution in [-0.2, 0) is 4.79 Å². The third-order valence-corrected chi connectivity index (χ3v) is 4.03. The Kier molecular flexibility index (Phi) is 5.62. The lowest BCUT2D eigenvalue weighted by Crippen LogP contribution is -2.41. The number of carbonyl (C=O) groups is 1. The summed E-state index contributed by atoms with van der Waals surface area (Å²) in [5.41, 5.74) is 2.31. The number of carbonyl (C=O) groups excluding carboxylic acids is 1. The Morgan fingerprint density at radius 2 is 2.24 bits per heavy atom. The van der Waals surface area contributed by atoms with Crippen molar-refractivity contribution in [3.05, 3.63) is 29.3 Å². The quantitative estimate of drug-likeness (QED) is 0.905. The first-order valence-electron chi connectivity index (χ1n) is 7.69. The summed E-state index contributed by atoms with van der Waals surface area (Å²) in [6.45, 7) is 6.12. The van der Waals surface area contributed by atoms with Crippen LogP contribution in [0, 0.1) is 19.8 Å². The van der Waals surface area contributed by atoms with Crippen molar-refractivity contribution in [3.8, 4) is 5.75 Å². The number of nitrogens with zero attached hydrogens (tertiary/aromatic N) is 1. The highest BCUT2D eigenvalue weighted by Crippen LogP contribution is 2.20. The highest BCUT2D eigenvalue weighted by atomic mass is 16.5. The number of amides is 1. The number of likely N-dealkylation sites (tertiary alicyclic amines) is 1. The number of hydrogen-bond donors (Lipinski definition) is 1. The molecule has 1 fully saturated rings. The summed E-state index contributed by atoms with van der Waals surface area (Å²) in [6, 6.07) is 6.05. The number of hydrogen-bond acceptors (Lipinski definition) is 3. The molecular weight excluding hydrogens is 266 g/mol. The van der Waals surface area contributed by atoms with Gasteiger partial charge in [-0.25, -0.2) is 0 Å². The fraction of sp³-hybridized carbons (Fsp3) is 0.588. The largest absolute Gasteiger partial charge is 0.493 e. The van der Waals surface area contributed by atoms with E-state index in [4.69, 9.17) is 4.74 Å². The van der Waals surface area contributed by atoms with Gasteiger partial charge >= 0.3 is 0 Å². The van der Waals surface area contributed by atoms with E-state index in [1.54, 1.807) is 0 Å². The predicted octanol–water partition coefficient (Wildman–Crippen LogP) is 2.30. The van der Waals surface area contributed by atoms with Crippen LogP contribution >= 0.6 is 0 Å². The highest BCUT2D eigenvalue weighted by molar-refractivity contribution is 5.76. The molecule has 1 aromatic rings. The number of aryl methyl sites for hydroxylation is 2. The molecule has 0 bridgehead atoms. The van der Waals surface area contributed by atoms with E-state index in [-0.39, 0.29) is 18.4 Å². The maximum absolute atomic E-state index is 12.2. The Morgan fingerprint density at radius 1 is 1.43 bits per heavy atom. The van der Waals surface area contributed by atoms with E-state index in [1.807, 2.05) is 30.9 Å². The van der Waals surface area contributed by atoms with Crippen LogP contribution in [0.2, 0.25) is 0 Å². The van der Waals surface area contributed by atoms with Crippen molar-refractivity contribution < 1.29 is 14.6 Å². The molecule has 0 saturated carbocycles. The Hall–Kier alpha value is -1.55. The predicted molar refractivity (Wildman–Crippen MR) is 82.4 cm³/mol. The third-order valence-electron chi connectivity index (χ3n) is 4.03.